The summed E-state index contributed by atoms with van der Waals surface area (Å²) in [6.07, 6.45) is 2.53. The molecular weight excluding hydrogens is 581 g/mol. The highest BCUT2D eigenvalue weighted by atomic mass is 32.2. The molecule has 15 heteroatoms. The van der Waals surface area contributed by atoms with Crippen LogP contribution in [0.4, 0.5) is 21.8 Å². The van der Waals surface area contributed by atoms with Crippen molar-refractivity contribution >= 4 is 33.4 Å². The zero-order chi connectivity index (χ0) is 31.5. The molecule has 1 atom stereocenters. The van der Waals surface area contributed by atoms with Crippen LogP contribution in [0.25, 0.3) is 5.69 Å². The zero-order valence-corrected chi connectivity index (χ0v) is 24.8. The summed E-state index contributed by atoms with van der Waals surface area (Å²) in [5.74, 6) is -1.83. The fraction of sp³-hybridized carbons (Fsp3) is 0.286. The Morgan fingerprint density at radius 1 is 1.09 bits per heavy atom. The van der Waals surface area contributed by atoms with Crippen LogP contribution in [-0.2, 0) is 28.3 Å². The van der Waals surface area contributed by atoms with Crippen LogP contribution in [0.5, 0.6) is 5.88 Å². The first-order chi connectivity index (χ1) is 20.4. The lowest BCUT2D eigenvalue weighted by Crippen LogP contribution is -2.35. The van der Waals surface area contributed by atoms with E-state index >= 15 is 0 Å². The molecule has 0 radical (unpaired) electrons. The van der Waals surface area contributed by atoms with Crippen molar-refractivity contribution in [2.45, 2.75) is 31.2 Å². The number of aromatic nitrogens is 4. The topological polar surface area (TPSA) is 163 Å². The summed E-state index contributed by atoms with van der Waals surface area (Å²) >= 11 is 0. The van der Waals surface area contributed by atoms with Gasteiger partial charge in [0.15, 0.2) is 5.82 Å². The van der Waals surface area contributed by atoms with Crippen LogP contribution in [0.15, 0.2) is 70.6 Å². The Kier molecular flexibility index (Phi) is 9.04. The molecule has 3 N–H and O–H groups in total. The zero-order valence-electron chi connectivity index (χ0n) is 24.0. The minimum absolute atomic E-state index is 0.0132. The van der Waals surface area contributed by atoms with Gasteiger partial charge in [-0.05, 0) is 55.8 Å². The van der Waals surface area contributed by atoms with E-state index in [1.54, 1.807) is 24.3 Å². The number of carboxylic acids is 1. The van der Waals surface area contributed by atoms with E-state index in [2.05, 4.69) is 15.3 Å². The van der Waals surface area contributed by atoms with Crippen LogP contribution in [-0.4, -0.2) is 69.9 Å². The fourth-order valence-electron chi connectivity index (χ4n) is 4.42. The second-order valence-corrected chi connectivity index (χ2v) is 11.6. The van der Waals surface area contributed by atoms with E-state index in [1.807, 2.05) is 18.7 Å². The molecule has 0 amide bonds. The van der Waals surface area contributed by atoms with Gasteiger partial charge in [-0.25, -0.2) is 31.9 Å². The molecular formula is C28H32FN7O6S. The average molecular weight is 614 g/mol. The van der Waals surface area contributed by atoms with Crippen LogP contribution in [0.2, 0.25) is 0 Å². The van der Waals surface area contributed by atoms with Crippen molar-refractivity contribution in [3.05, 3.63) is 82.8 Å². The number of aliphatic carboxylic acids is 1. The van der Waals surface area contributed by atoms with Gasteiger partial charge in [-0.1, -0.05) is 12.1 Å². The molecule has 0 aliphatic heterocycles. The van der Waals surface area contributed by atoms with Crippen molar-refractivity contribution in [3.63, 3.8) is 0 Å². The van der Waals surface area contributed by atoms with Crippen molar-refractivity contribution in [2.24, 2.45) is 7.05 Å². The van der Waals surface area contributed by atoms with Crippen LogP contribution < -0.4 is 20.2 Å². The summed E-state index contributed by atoms with van der Waals surface area (Å²) in [6, 6.07) is 9.47. The fourth-order valence-corrected chi connectivity index (χ4v) is 5.61. The Balaban J connectivity index is 1.69. The summed E-state index contributed by atoms with van der Waals surface area (Å²) in [4.78, 5) is 35.2. The molecule has 0 spiro atoms. The number of hydrogen-bond acceptors (Lipinski definition) is 9. The van der Waals surface area contributed by atoms with Crippen LogP contribution in [0, 0.1) is 5.82 Å². The molecule has 2 aromatic heterocycles. The van der Waals surface area contributed by atoms with Gasteiger partial charge in [0.2, 0.25) is 11.8 Å². The SMILES string of the molecule is CCN(CC)c1ncc(N(C)S(=O)(=O)c2ccc(F)cc2)c(N[C@@H](Cc2ccc(-n3c(O)cn(C)c3=O)cc2)C(=O)O)n1. The third-order valence-electron chi connectivity index (χ3n) is 6.89. The number of hydrogen-bond donors (Lipinski definition) is 3. The molecule has 0 unspecified atom stereocenters. The standard InChI is InChI=1S/C28H32FN7O6S/c1-5-35(6-2)27-30-16-23(34(4)43(41,42)21-13-9-19(29)10-14-21)25(32-27)31-22(26(38)39)15-18-7-11-20(12-8-18)36-24(37)17-33(3)28(36)40/h7-14,16-17,22,37H,5-6,15H2,1-4H3,(H,38,39)(H,30,31,32)/t22-/m0/s1. The molecule has 2 aromatic carbocycles. The number of imidazole rings is 1. The smallest absolute Gasteiger partial charge is 0.335 e. The molecule has 0 aliphatic carbocycles. The van der Waals surface area contributed by atoms with Crippen molar-refractivity contribution in [3.8, 4) is 11.6 Å². The number of nitrogens with zero attached hydrogens (tertiary/aromatic N) is 6. The van der Waals surface area contributed by atoms with Crippen LogP contribution >= 0.6 is 0 Å². The van der Waals surface area contributed by atoms with Crippen molar-refractivity contribution in [1.29, 1.82) is 0 Å². The monoisotopic (exact) mass is 613 g/mol. The second-order valence-electron chi connectivity index (χ2n) is 9.62. The number of halogens is 1. The number of anilines is 3. The van der Waals surface area contributed by atoms with Gasteiger partial charge < -0.3 is 20.4 Å². The van der Waals surface area contributed by atoms with E-state index < -0.39 is 33.5 Å². The molecule has 0 bridgehead atoms. The summed E-state index contributed by atoms with van der Waals surface area (Å²) in [7, 11) is -1.41. The van der Waals surface area contributed by atoms with Gasteiger partial charge in [0.25, 0.3) is 10.0 Å². The van der Waals surface area contributed by atoms with E-state index in [1.165, 1.54) is 31.1 Å². The normalized spacial score (nSPS) is 12.1. The molecule has 0 saturated heterocycles. The van der Waals surface area contributed by atoms with Gasteiger partial charge in [0.1, 0.15) is 17.5 Å². The molecule has 43 heavy (non-hydrogen) atoms. The van der Waals surface area contributed by atoms with Crippen LogP contribution in [0.3, 0.4) is 0 Å². The first-order valence-electron chi connectivity index (χ1n) is 13.3. The maximum absolute atomic E-state index is 13.5. The Labute approximate surface area is 247 Å². The molecule has 0 aliphatic rings. The van der Waals surface area contributed by atoms with Gasteiger partial charge >= 0.3 is 11.7 Å². The number of carboxylic acid groups (broad SMARTS) is 1. The lowest BCUT2D eigenvalue weighted by atomic mass is 10.1. The number of sulfonamides is 1. The predicted molar refractivity (Wildman–Crippen MR) is 159 cm³/mol. The number of nitrogens with one attached hydrogen (secondary N) is 1. The Bertz CT molecular complexity index is 1770. The number of carbonyl (C=O) groups is 1. The quantitative estimate of drug-likeness (QED) is 0.216. The van der Waals surface area contributed by atoms with Gasteiger partial charge in [-0.3, -0.25) is 8.87 Å². The maximum Gasteiger partial charge on any atom is 0.335 e. The number of benzene rings is 2. The minimum Gasteiger partial charge on any atom is -0.493 e. The van der Waals surface area contributed by atoms with Crippen molar-refractivity contribution in [1.82, 2.24) is 19.1 Å². The first-order valence-corrected chi connectivity index (χ1v) is 14.7. The molecule has 228 valence electrons. The summed E-state index contributed by atoms with van der Waals surface area (Å²) < 4.78 is 43.5. The van der Waals surface area contributed by atoms with E-state index in [0.29, 0.717) is 24.3 Å². The molecule has 2 heterocycles. The summed E-state index contributed by atoms with van der Waals surface area (Å²) in [5, 5.41) is 23.1. The number of aryl methyl sites for hydroxylation is 1. The van der Waals surface area contributed by atoms with Crippen LogP contribution in [0.1, 0.15) is 19.4 Å². The summed E-state index contributed by atoms with van der Waals surface area (Å²) in [6.45, 7) is 4.89. The molecule has 13 nitrogen and oxygen atoms in total. The van der Waals surface area contributed by atoms with Gasteiger partial charge in [-0.2, -0.15) is 4.98 Å². The highest BCUT2D eigenvalue weighted by Gasteiger charge is 2.28. The van der Waals surface area contributed by atoms with Gasteiger partial charge in [0.05, 0.1) is 23.0 Å². The van der Waals surface area contributed by atoms with Crippen molar-refractivity contribution < 1.29 is 27.8 Å². The first kappa shape index (κ1) is 31.0. The third kappa shape index (κ3) is 6.45. The maximum atomic E-state index is 13.5. The predicted octanol–water partition coefficient (Wildman–Crippen LogP) is 2.59. The van der Waals surface area contributed by atoms with E-state index in [9.17, 15) is 32.6 Å². The van der Waals surface area contributed by atoms with Gasteiger partial charge in [-0.15, -0.1) is 0 Å². The largest absolute Gasteiger partial charge is 0.493 e. The second kappa shape index (κ2) is 12.5. The Morgan fingerprint density at radius 3 is 2.26 bits per heavy atom. The van der Waals surface area contributed by atoms with E-state index in [0.717, 1.165) is 33.1 Å². The van der Waals surface area contributed by atoms with E-state index in [-0.39, 0.29) is 34.6 Å². The number of rotatable bonds is 12. The Morgan fingerprint density at radius 2 is 1.72 bits per heavy atom. The highest BCUT2D eigenvalue weighted by Crippen LogP contribution is 2.30. The lowest BCUT2D eigenvalue weighted by Gasteiger charge is -2.26. The van der Waals surface area contributed by atoms with Gasteiger partial charge in [0, 0.05) is 33.6 Å². The molecule has 4 rings (SSSR count). The summed E-state index contributed by atoms with van der Waals surface area (Å²) in [5.41, 5.74) is 0.510. The minimum atomic E-state index is -4.19. The highest BCUT2D eigenvalue weighted by molar-refractivity contribution is 7.92. The molecule has 0 fully saturated rings. The van der Waals surface area contributed by atoms with E-state index in [4.69, 9.17) is 0 Å². The average Bonchev–Trinajstić information content (AvgIpc) is 3.24. The van der Waals surface area contributed by atoms with Crippen molar-refractivity contribution in [2.75, 3.05) is 34.7 Å². The lowest BCUT2D eigenvalue weighted by molar-refractivity contribution is -0.137. The Hall–Kier alpha value is -4.92. The molecule has 4 aromatic rings. The molecule has 0 saturated carbocycles. The number of aromatic hydroxyl groups is 1. The third-order valence-corrected chi connectivity index (χ3v) is 8.67.